The number of aromatic nitrogens is 3. The Morgan fingerprint density at radius 2 is 2.21 bits per heavy atom. The Morgan fingerprint density at radius 3 is 2.84 bits per heavy atom. The summed E-state index contributed by atoms with van der Waals surface area (Å²) in [6.07, 6.45) is 3.34. The fraction of sp³-hybridized carbons (Fsp3) is 0.500. The first-order valence-corrected chi connectivity index (χ1v) is 6.25. The molecule has 1 aliphatic heterocycles. The predicted octanol–water partition coefficient (Wildman–Crippen LogP) is 0.138. The van der Waals surface area contributed by atoms with Crippen molar-refractivity contribution >= 4 is 17.7 Å². The van der Waals surface area contributed by atoms with E-state index in [-0.39, 0.29) is 5.91 Å². The third kappa shape index (κ3) is 3.40. The van der Waals surface area contributed by atoms with Gasteiger partial charge in [0, 0.05) is 39.6 Å². The van der Waals surface area contributed by atoms with Crippen molar-refractivity contribution in [2.45, 2.75) is 6.92 Å². The molecule has 1 saturated heterocycles. The van der Waals surface area contributed by atoms with Crippen molar-refractivity contribution in [1.82, 2.24) is 20.1 Å². The van der Waals surface area contributed by atoms with Crippen LogP contribution in [0.15, 0.2) is 18.9 Å². The molecule has 1 aromatic heterocycles. The SMILES string of the molecule is C=CCNc1cnnc(N2CCN(C(C)=O)CC2)n1. The summed E-state index contributed by atoms with van der Waals surface area (Å²) >= 11 is 0. The molecular formula is C12H18N6O. The van der Waals surface area contributed by atoms with Gasteiger partial charge in [0.1, 0.15) is 0 Å². The largest absolute Gasteiger partial charge is 0.365 e. The van der Waals surface area contributed by atoms with Gasteiger partial charge in [-0.05, 0) is 0 Å². The molecule has 0 atom stereocenters. The first kappa shape index (κ1) is 13.3. The van der Waals surface area contributed by atoms with Crippen molar-refractivity contribution in [2.24, 2.45) is 0 Å². The number of piperazine rings is 1. The lowest BCUT2D eigenvalue weighted by atomic mass is 10.3. The zero-order valence-electron chi connectivity index (χ0n) is 11.0. The van der Waals surface area contributed by atoms with E-state index in [1.807, 2.05) is 9.80 Å². The van der Waals surface area contributed by atoms with E-state index in [0.29, 0.717) is 31.4 Å². The van der Waals surface area contributed by atoms with E-state index in [1.165, 1.54) is 0 Å². The highest BCUT2D eigenvalue weighted by atomic mass is 16.2. The normalized spacial score (nSPS) is 15.2. The second-order valence-electron chi connectivity index (χ2n) is 4.30. The molecule has 1 N–H and O–H groups in total. The minimum absolute atomic E-state index is 0.111. The van der Waals surface area contributed by atoms with Gasteiger partial charge in [-0.25, -0.2) is 0 Å². The average Bonchev–Trinajstić information content (AvgIpc) is 2.45. The number of nitrogens with one attached hydrogen (secondary N) is 1. The molecule has 1 aromatic rings. The lowest BCUT2D eigenvalue weighted by Gasteiger charge is -2.33. The smallest absolute Gasteiger partial charge is 0.247 e. The standard InChI is InChI=1S/C12H18N6O/c1-3-4-13-11-9-14-16-12(15-11)18-7-5-17(6-8-18)10(2)19/h3,9H,1,4-8H2,2H3,(H,13,15,16). The lowest BCUT2D eigenvalue weighted by Crippen LogP contribution is -2.48. The zero-order chi connectivity index (χ0) is 13.7. The van der Waals surface area contributed by atoms with Crippen molar-refractivity contribution in [3.63, 3.8) is 0 Å². The highest BCUT2D eigenvalue weighted by molar-refractivity contribution is 5.73. The van der Waals surface area contributed by atoms with Gasteiger partial charge in [0.2, 0.25) is 11.9 Å². The van der Waals surface area contributed by atoms with Crippen LogP contribution in [-0.2, 0) is 4.79 Å². The number of hydrogen-bond acceptors (Lipinski definition) is 6. The number of hydrogen-bond donors (Lipinski definition) is 1. The van der Waals surface area contributed by atoms with Crippen LogP contribution in [-0.4, -0.2) is 58.7 Å². The van der Waals surface area contributed by atoms with Gasteiger partial charge in [-0.1, -0.05) is 6.08 Å². The van der Waals surface area contributed by atoms with Gasteiger partial charge in [0.05, 0.1) is 6.20 Å². The number of carbonyl (C=O) groups is 1. The Morgan fingerprint density at radius 1 is 1.47 bits per heavy atom. The minimum atomic E-state index is 0.111. The summed E-state index contributed by atoms with van der Waals surface area (Å²) in [5, 5.41) is 11.0. The van der Waals surface area contributed by atoms with Crippen LogP contribution < -0.4 is 10.2 Å². The predicted molar refractivity (Wildman–Crippen MR) is 73.0 cm³/mol. The molecule has 1 amide bonds. The molecular weight excluding hydrogens is 244 g/mol. The van der Waals surface area contributed by atoms with Gasteiger partial charge in [-0.2, -0.15) is 10.1 Å². The van der Waals surface area contributed by atoms with Gasteiger partial charge in [0.25, 0.3) is 0 Å². The maximum atomic E-state index is 11.3. The molecule has 0 aliphatic carbocycles. The molecule has 0 spiro atoms. The molecule has 0 bridgehead atoms. The van der Waals surface area contributed by atoms with Crippen LogP contribution in [0.25, 0.3) is 0 Å². The highest BCUT2D eigenvalue weighted by Gasteiger charge is 2.20. The Hall–Kier alpha value is -2.18. The summed E-state index contributed by atoms with van der Waals surface area (Å²) in [4.78, 5) is 19.5. The molecule has 0 saturated carbocycles. The number of carbonyl (C=O) groups excluding carboxylic acids is 1. The first-order chi connectivity index (χ1) is 9.20. The third-order valence-electron chi connectivity index (χ3n) is 2.98. The van der Waals surface area contributed by atoms with Crippen molar-refractivity contribution in [1.29, 1.82) is 0 Å². The number of nitrogens with zero attached hydrogens (tertiary/aromatic N) is 5. The van der Waals surface area contributed by atoms with Gasteiger partial charge >= 0.3 is 0 Å². The van der Waals surface area contributed by atoms with Crippen molar-refractivity contribution < 1.29 is 4.79 Å². The zero-order valence-corrected chi connectivity index (χ0v) is 11.0. The number of anilines is 2. The molecule has 0 unspecified atom stereocenters. The van der Waals surface area contributed by atoms with Gasteiger partial charge < -0.3 is 15.1 Å². The maximum absolute atomic E-state index is 11.3. The first-order valence-electron chi connectivity index (χ1n) is 6.25. The van der Waals surface area contributed by atoms with E-state index < -0.39 is 0 Å². The summed E-state index contributed by atoms with van der Waals surface area (Å²) < 4.78 is 0. The molecule has 7 heteroatoms. The van der Waals surface area contributed by atoms with Gasteiger partial charge in [0.15, 0.2) is 5.82 Å². The average molecular weight is 262 g/mol. The molecule has 2 heterocycles. The second-order valence-corrected chi connectivity index (χ2v) is 4.30. The maximum Gasteiger partial charge on any atom is 0.247 e. The summed E-state index contributed by atoms with van der Waals surface area (Å²) in [5.74, 6) is 1.39. The molecule has 19 heavy (non-hydrogen) atoms. The summed E-state index contributed by atoms with van der Waals surface area (Å²) in [6.45, 7) is 8.72. The number of amides is 1. The Labute approximate surface area is 112 Å². The second kappa shape index (κ2) is 6.12. The van der Waals surface area contributed by atoms with Crippen LogP contribution in [0.1, 0.15) is 6.92 Å². The van der Waals surface area contributed by atoms with Gasteiger partial charge in [-0.3, -0.25) is 4.79 Å². The van der Waals surface area contributed by atoms with E-state index in [0.717, 1.165) is 13.1 Å². The Kier molecular flexibility index (Phi) is 4.27. The van der Waals surface area contributed by atoms with Crippen molar-refractivity contribution in [3.8, 4) is 0 Å². The van der Waals surface area contributed by atoms with Crippen LogP contribution in [0.4, 0.5) is 11.8 Å². The fourth-order valence-corrected chi connectivity index (χ4v) is 1.91. The Bertz CT molecular complexity index is 455. The van der Waals surface area contributed by atoms with Crippen molar-refractivity contribution in [3.05, 3.63) is 18.9 Å². The van der Waals surface area contributed by atoms with Crippen LogP contribution >= 0.6 is 0 Å². The van der Waals surface area contributed by atoms with Crippen LogP contribution in [0.5, 0.6) is 0 Å². The number of rotatable bonds is 4. The molecule has 2 rings (SSSR count). The van der Waals surface area contributed by atoms with Crippen LogP contribution in [0, 0.1) is 0 Å². The van der Waals surface area contributed by atoms with E-state index in [2.05, 4.69) is 27.1 Å². The molecule has 0 radical (unpaired) electrons. The highest BCUT2D eigenvalue weighted by Crippen LogP contribution is 2.12. The summed E-state index contributed by atoms with van der Waals surface area (Å²) in [5.41, 5.74) is 0. The third-order valence-corrected chi connectivity index (χ3v) is 2.98. The molecule has 7 nitrogen and oxygen atoms in total. The van der Waals surface area contributed by atoms with E-state index in [9.17, 15) is 4.79 Å². The summed E-state index contributed by atoms with van der Waals surface area (Å²) in [7, 11) is 0. The van der Waals surface area contributed by atoms with E-state index in [4.69, 9.17) is 0 Å². The van der Waals surface area contributed by atoms with Crippen LogP contribution in [0.2, 0.25) is 0 Å². The topological polar surface area (TPSA) is 74.2 Å². The quantitative estimate of drug-likeness (QED) is 0.778. The van der Waals surface area contributed by atoms with Crippen LogP contribution in [0.3, 0.4) is 0 Å². The van der Waals surface area contributed by atoms with Crippen molar-refractivity contribution in [2.75, 3.05) is 42.9 Å². The van der Waals surface area contributed by atoms with E-state index >= 15 is 0 Å². The molecule has 1 fully saturated rings. The molecule has 1 aliphatic rings. The molecule has 102 valence electrons. The fourth-order valence-electron chi connectivity index (χ4n) is 1.91. The monoisotopic (exact) mass is 262 g/mol. The van der Waals surface area contributed by atoms with E-state index in [1.54, 1.807) is 19.2 Å². The van der Waals surface area contributed by atoms with Gasteiger partial charge in [-0.15, -0.1) is 11.7 Å². The molecule has 0 aromatic carbocycles. The minimum Gasteiger partial charge on any atom is -0.365 e. The Balaban J connectivity index is 1.99. The lowest BCUT2D eigenvalue weighted by molar-refractivity contribution is -0.129. The summed E-state index contributed by atoms with van der Waals surface area (Å²) in [6, 6.07) is 0.